The van der Waals surface area contributed by atoms with Crippen LogP contribution in [0.25, 0.3) is 10.8 Å². The lowest BCUT2D eigenvalue weighted by Crippen LogP contribution is -2.79. The van der Waals surface area contributed by atoms with E-state index in [1.807, 2.05) is 54.6 Å². The standard InChI is InChI=1S/C19H19N3O2S/c20-19(21-13-12-15-6-2-1-3-7-15)22-25(23,24)18-11-10-16-8-4-5-9-17(16)14-18/h1-11,14H,12-13H2,(H3,20,21,22)/p+1. The summed E-state index contributed by atoms with van der Waals surface area (Å²) < 4.78 is 27.3. The van der Waals surface area contributed by atoms with E-state index in [0.717, 1.165) is 22.8 Å². The van der Waals surface area contributed by atoms with Crippen LogP contribution >= 0.6 is 0 Å². The number of sulfonamides is 1. The number of guanidine groups is 1. The van der Waals surface area contributed by atoms with Gasteiger partial charge in [0, 0.05) is 6.42 Å². The number of nitrogens with two attached hydrogens (primary N) is 1. The van der Waals surface area contributed by atoms with E-state index in [9.17, 15) is 8.42 Å². The van der Waals surface area contributed by atoms with Gasteiger partial charge in [-0.3, -0.25) is 10.7 Å². The second-order valence-corrected chi connectivity index (χ2v) is 7.37. The fourth-order valence-corrected chi connectivity index (χ4v) is 3.57. The average molecular weight is 354 g/mol. The minimum absolute atomic E-state index is 0.0177. The molecule has 6 heteroatoms. The molecule has 4 N–H and O–H groups in total. The Morgan fingerprint density at radius 2 is 1.60 bits per heavy atom. The first-order valence-corrected chi connectivity index (χ1v) is 9.45. The molecule has 3 aromatic rings. The summed E-state index contributed by atoms with van der Waals surface area (Å²) in [5.41, 5.74) is 6.94. The van der Waals surface area contributed by atoms with Crippen LogP contribution in [0.3, 0.4) is 0 Å². The van der Waals surface area contributed by atoms with Crippen molar-refractivity contribution < 1.29 is 13.4 Å². The summed E-state index contributed by atoms with van der Waals surface area (Å²) in [5.74, 6) is 0.0177. The minimum atomic E-state index is -3.72. The maximum absolute atomic E-state index is 12.5. The number of hydrogen-bond donors (Lipinski definition) is 3. The Hall–Kier alpha value is -2.86. The predicted molar refractivity (Wildman–Crippen MR) is 99.4 cm³/mol. The van der Waals surface area contributed by atoms with Crippen molar-refractivity contribution in [2.75, 3.05) is 6.54 Å². The third-order valence-corrected chi connectivity index (χ3v) is 5.21. The molecule has 0 unspecified atom stereocenters. The molecule has 128 valence electrons. The molecule has 0 fully saturated rings. The van der Waals surface area contributed by atoms with Crippen LogP contribution in [-0.4, -0.2) is 20.9 Å². The van der Waals surface area contributed by atoms with Crippen molar-refractivity contribution in [1.29, 1.82) is 0 Å². The van der Waals surface area contributed by atoms with E-state index in [0.29, 0.717) is 6.54 Å². The molecule has 0 aromatic heterocycles. The molecule has 0 aliphatic rings. The molecule has 3 rings (SSSR count). The van der Waals surface area contributed by atoms with Crippen molar-refractivity contribution in [1.82, 2.24) is 4.72 Å². The summed E-state index contributed by atoms with van der Waals surface area (Å²) in [6, 6.07) is 22.5. The van der Waals surface area contributed by atoms with Gasteiger partial charge < -0.3 is 0 Å². The van der Waals surface area contributed by atoms with Gasteiger partial charge in [0.25, 0.3) is 0 Å². The van der Waals surface area contributed by atoms with Gasteiger partial charge in [-0.05, 0) is 28.5 Å². The largest absolute Gasteiger partial charge is 0.356 e. The molecule has 3 aromatic carbocycles. The molecule has 0 saturated carbocycles. The van der Waals surface area contributed by atoms with Crippen molar-refractivity contribution >= 4 is 26.8 Å². The van der Waals surface area contributed by atoms with Gasteiger partial charge in [0.15, 0.2) is 0 Å². The van der Waals surface area contributed by atoms with E-state index < -0.39 is 10.0 Å². The predicted octanol–water partition coefficient (Wildman–Crippen LogP) is 0.756. The molecule has 0 atom stereocenters. The molecule has 0 bridgehead atoms. The zero-order chi connectivity index (χ0) is 17.7. The summed E-state index contributed by atoms with van der Waals surface area (Å²) in [7, 11) is -3.72. The van der Waals surface area contributed by atoms with E-state index in [4.69, 9.17) is 5.73 Å². The number of nitrogens with one attached hydrogen (secondary N) is 2. The normalized spacial score (nSPS) is 12.2. The Morgan fingerprint density at radius 1 is 0.920 bits per heavy atom. The SMILES string of the molecule is NC(NS(=O)(=O)c1ccc2ccccc2c1)=[NH+]CCc1ccccc1. The Morgan fingerprint density at radius 3 is 2.36 bits per heavy atom. The topological polar surface area (TPSA) is 86.2 Å². The zero-order valence-corrected chi connectivity index (χ0v) is 14.5. The summed E-state index contributed by atoms with van der Waals surface area (Å²) in [6.45, 7) is 0.538. The van der Waals surface area contributed by atoms with E-state index in [2.05, 4.69) is 9.71 Å². The molecule has 5 nitrogen and oxygen atoms in total. The Kier molecular flexibility index (Phi) is 5.00. The number of rotatable bonds is 5. The van der Waals surface area contributed by atoms with Crippen molar-refractivity contribution in [2.24, 2.45) is 5.73 Å². The van der Waals surface area contributed by atoms with Gasteiger partial charge in [0.2, 0.25) is 0 Å². The highest BCUT2D eigenvalue weighted by molar-refractivity contribution is 7.90. The molecule has 0 heterocycles. The van der Waals surface area contributed by atoms with E-state index in [1.54, 1.807) is 18.2 Å². The number of benzene rings is 3. The highest BCUT2D eigenvalue weighted by Crippen LogP contribution is 2.18. The second kappa shape index (κ2) is 7.36. The van der Waals surface area contributed by atoms with Crippen molar-refractivity contribution in [3.8, 4) is 0 Å². The molecule has 0 radical (unpaired) electrons. The Bertz CT molecular complexity index is 999. The summed E-state index contributed by atoms with van der Waals surface area (Å²) in [5, 5.41) is 1.85. The van der Waals surface area contributed by atoms with Crippen LogP contribution in [0, 0.1) is 0 Å². The van der Waals surface area contributed by atoms with Gasteiger partial charge in [0.05, 0.1) is 6.54 Å². The van der Waals surface area contributed by atoms with Crippen LogP contribution in [-0.2, 0) is 16.4 Å². The van der Waals surface area contributed by atoms with E-state index >= 15 is 0 Å². The lowest BCUT2D eigenvalue weighted by molar-refractivity contribution is -0.459. The molecular formula is C19H20N3O2S+. The maximum atomic E-state index is 12.5. The van der Waals surface area contributed by atoms with Crippen LogP contribution in [0.2, 0.25) is 0 Å². The smallest absolute Gasteiger partial charge is 0.290 e. The summed E-state index contributed by atoms with van der Waals surface area (Å²) in [6.07, 6.45) is 0.749. The monoisotopic (exact) mass is 354 g/mol. The summed E-state index contributed by atoms with van der Waals surface area (Å²) in [4.78, 5) is 3.08. The lowest BCUT2D eigenvalue weighted by atomic mass is 10.1. The Balaban J connectivity index is 1.70. The first-order chi connectivity index (χ1) is 12.0. The van der Waals surface area contributed by atoms with Crippen LogP contribution < -0.4 is 15.4 Å². The maximum Gasteiger partial charge on any atom is 0.356 e. The van der Waals surface area contributed by atoms with E-state index in [1.165, 1.54) is 0 Å². The van der Waals surface area contributed by atoms with Gasteiger partial charge in [-0.15, -0.1) is 0 Å². The molecule has 25 heavy (non-hydrogen) atoms. The van der Waals surface area contributed by atoms with Crippen LogP contribution in [0.5, 0.6) is 0 Å². The zero-order valence-electron chi connectivity index (χ0n) is 13.6. The molecule has 0 saturated heterocycles. The molecule has 0 amide bonds. The average Bonchev–Trinajstić information content (AvgIpc) is 2.62. The van der Waals surface area contributed by atoms with Crippen LogP contribution in [0.4, 0.5) is 0 Å². The van der Waals surface area contributed by atoms with Crippen molar-refractivity contribution in [2.45, 2.75) is 11.3 Å². The summed E-state index contributed by atoms with van der Waals surface area (Å²) >= 11 is 0. The van der Waals surface area contributed by atoms with Crippen LogP contribution in [0.1, 0.15) is 5.56 Å². The highest BCUT2D eigenvalue weighted by atomic mass is 32.2. The Labute approximate surface area is 147 Å². The molecule has 0 aliphatic carbocycles. The van der Waals surface area contributed by atoms with Gasteiger partial charge in [-0.1, -0.05) is 60.7 Å². The fourth-order valence-electron chi connectivity index (χ4n) is 2.56. The second-order valence-electron chi connectivity index (χ2n) is 5.69. The minimum Gasteiger partial charge on any atom is -0.290 e. The first kappa shape index (κ1) is 17.0. The third kappa shape index (κ3) is 4.36. The number of fused-ring (bicyclic) bond motifs is 1. The number of hydrogen-bond acceptors (Lipinski definition) is 2. The molecule has 0 aliphatic heterocycles. The quantitative estimate of drug-likeness (QED) is 0.467. The van der Waals surface area contributed by atoms with Crippen molar-refractivity contribution in [3.05, 3.63) is 78.4 Å². The molecular weight excluding hydrogens is 334 g/mol. The van der Waals surface area contributed by atoms with Gasteiger partial charge >= 0.3 is 16.0 Å². The van der Waals surface area contributed by atoms with Gasteiger partial charge in [-0.2, -0.15) is 13.1 Å². The highest BCUT2D eigenvalue weighted by Gasteiger charge is 2.19. The lowest BCUT2D eigenvalue weighted by Gasteiger charge is -2.04. The van der Waals surface area contributed by atoms with Gasteiger partial charge in [-0.25, -0.2) is 0 Å². The fraction of sp³-hybridized carbons (Fsp3) is 0.105. The van der Waals surface area contributed by atoms with Crippen LogP contribution in [0.15, 0.2) is 77.7 Å². The van der Waals surface area contributed by atoms with Gasteiger partial charge in [0.1, 0.15) is 4.90 Å². The first-order valence-electron chi connectivity index (χ1n) is 7.96. The third-order valence-electron chi connectivity index (χ3n) is 3.85. The van der Waals surface area contributed by atoms with E-state index in [-0.39, 0.29) is 10.9 Å². The molecule has 0 spiro atoms. The van der Waals surface area contributed by atoms with Crippen molar-refractivity contribution in [3.63, 3.8) is 0 Å².